The molecule has 3 heteroatoms. The Morgan fingerprint density at radius 2 is 1.52 bits per heavy atom. The van der Waals surface area contributed by atoms with Crippen molar-refractivity contribution in [1.82, 2.24) is 4.90 Å². The molecule has 0 aliphatic carbocycles. The van der Waals surface area contributed by atoms with Crippen LogP contribution in [0.2, 0.25) is 0 Å². The maximum Gasteiger partial charge on any atom is 0.291 e. The Labute approximate surface area is 149 Å². The molecule has 0 radical (unpaired) electrons. The number of carbonyl (C=O) groups is 1. The molecule has 0 unspecified atom stereocenters. The number of hydrogen-bond donors (Lipinski definition) is 0. The van der Waals surface area contributed by atoms with Gasteiger partial charge in [-0.15, -0.1) is 0 Å². The molecule has 0 fully saturated rings. The quantitative estimate of drug-likeness (QED) is 0.651. The van der Waals surface area contributed by atoms with Crippen molar-refractivity contribution in [1.29, 1.82) is 0 Å². The Morgan fingerprint density at radius 1 is 0.920 bits per heavy atom. The highest BCUT2D eigenvalue weighted by molar-refractivity contribution is 5.78. The fourth-order valence-corrected chi connectivity index (χ4v) is 2.92. The van der Waals surface area contributed by atoms with E-state index in [1.807, 2.05) is 85.5 Å². The molecule has 0 spiro atoms. The maximum atomic E-state index is 12.8. The van der Waals surface area contributed by atoms with Gasteiger partial charge in [0.15, 0.2) is 12.4 Å². The van der Waals surface area contributed by atoms with E-state index in [1.165, 1.54) is 0 Å². The van der Waals surface area contributed by atoms with Gasteiger partial charge in [-0.1, -0.05) is 60.7 Å². The normalized spacial score (nSPS) is 11.8. The molecule has 1 aromatic heterocycles. The molecular formula is C22H23N2O+. The van der Waals surface area contributed by atoms with E-state index >= 15 is 0 Å². The third kappa shape index (κ3) is 4.13. The van der Waals surface area contributed by atoms with Crippen molar-refractivity contribution in [3.63, 3.8) is 0 Å². The van der Waals surface area contributed by atoms with Crippen molar-refractivity contribution >= 4 is 5.91 Å². The Balaban J connectivity index is 1.76. The van der Waals surface area contributed by atoms with Crippen LogP contribution in [-0.4, -0.2) is 17.9 Å². The molecule has 3 nitrogen and oxygen atoms in total. The Bertz CT molecular complexity index is 831. The van der Waals surface area contributed by atoms with Crippen LogP contribution >= 0.6 is 0 Å². The van der Waals surface area contributed by atoms with E-state index in [1.54, 1.807) is 4.90 Å². The highest BCUT2D eigenvalue weighted by Gasteiger charge is 2.25. The van der Waals surface area contributed by atoms with Crippen LogP contribution in [0.3, 0.4) is 0 Å². The predicted molar refractivity (Wildman–Crippen MR) is 99.7 cm³/mol. The number of rotatable bonds is 5. The number of carbonyl (C=O) groups excluding carboxylic acids is 1. The zero-order valence-corrected chi connectivity index (χ0v) is 14.7. The zero-order chi connectivity index (χ0) is 17.6. The predicted octanol–water partition coefficient (Wildman–Crippen LogP) is 3.86. The summed E-state index contributed by atoms with van der Waals surface area (Å²) in [6.07, 6.45) is 3.99. The van der Waals surface area contributed by atoms with Gasteiger partial charge in [0.25, 0.3) is 5.91 Å². The summed E-state index contributed by atoms with van der Waals surface area (Å²) in [5.74, 6) is 0.0964. The zero-order valence-electron chi connectivity index (χ0n) is 14.7. The summed E-state index contributed by atoms with van der Waals surface area (Å²) >= 11 is 0. The molecule has 1 amide bonds. The minimum absolute atomic E-state index is 0.0964. The number of hydrogen-bond acceptors (Lipinski definition) is 1. The van der Waals surface area contributed by atoms with E-state index in [0.717, 1.165) is 16.7 Å². The van der Waals surface area contributed by atoms with Gasteiger partial charge in [-0.25, -0.2) is 0 Å². The lowest BCUT2D eigenvalue weighted by Crippen LogP contribution is -2.46. The monoisotopic (exact) mass is 331 g/mol. The van der Waals surface area contributed by atoms with Gasteiger partial charge < -0.3 is 4.90 Å². The molecule has 3 aromatic rings. The molecule has 3 rings (SSSR count). The van der Waals surface area contributed by atoms with Crippen LogP contribution in [0.15, 0.2) is 85.2 Å². The fraction of sp³-hybridized carbons (Fsp3) is 0.182. The third-order valence-corrected chi connectivity index (χ3v) is 4.37. The van der Waals surface area contributed by atoms with Gasteiger partial charge in [-0.2, -0.15) is 4.57 Å². The van der Waals surface area contributed by atoms with Crippen LogP contribution in [0.1, 0.15) is 18.5 Å². The summed E-state index contributed by atoms with van der Waals surface area (Å²) < 4.78 is 1.98. The average molecular weight is 331 g/mol. The summed E-state index contributed by atoms with van der Waals surface area (Å²) in [6, 6.07) is 24.1. The number of amides is 1. The number of nitrogens with zero attached hydrogens (tertiary/aromatic N) is 2. The largest absolute Gasteiger partial charge is 0.336 e. The fourth-order valence-electron chi connectivity index (χ4n) is 2.92. The highest BCUT2D eigenvalue weighted by atomic mass is 16.2. The van der Waals surface area contributed by atoms with Gasteiger partial charge in [0.1, 0.15) is 0 Å². The van der Waals surface area contributed by atoms with E-state index in [0.29, 0.717) is 6.54 Å². The average Bonchev–Trinajstić information content (AvgIpc) is 2.68. The molecule has 0 bridgehead atoms. The molecule has 0 saturated carbocycles. The van der Waals surface area contributed by atoms with Crippen LogP contribution < -0.4 is 4.57 Å². The van der Waals surface area contributed by atoms with Gasteiger partial charge in [0, 0.05) is 32.1 Å². The number of benzene rings is 2. The minimum atomic E-state index is -0.252. The van der Waals surface area contributed by atoms with E-state index < -0.39 is 0 Å². The standard InChI is InChI=1S/C22H23N2O/c1-18(22(25)23(2)16-19-10-5-3-6-11-19)24-15-9-14-21(17-24)20-12-7-4-8-13-20/h3-15,17-18H,16H2,1-2H3/q+1/t18-/m1/s1. The second-order valence-corrected chi connectivity index (χ2v) is 6.26. The van der Waals surface area contributed by atoms with Crippen LogP contribution in [-0.2, 0) is 11.3 Å². The summed E-state index contributed by atoms with van der Waals surface area (Å²) in [6.45, 7) is 2.56. The van der Waals surface area contributed by atoms with Gasteiger partial charge in [0.2, 0.25) is 6.04 Å². The second kappa shape index (κ2) is 7.75. The highest BCUT2D eigenvalue weighted by Crippen LogP contribution is 2.17. The first-order chi connectivity index (χ1) is 12.1. The second-order valence-electron chi connectivity index (χ2n) is 6.26. The first kappa shape index (κ1) is 16.9. The molecule has 0 N–H and O–H groups in total. The van der Waals surface area contributed by atoms with Crippen LogP contribution in [0.4, 0.5) is 0 Å². The summed E-state index contributed by atoms with van der Waals surface area (Å²) in [5.41, 5.74) is 3.39. The van der Waals surface area contributed by atoms with Crippen LogP contribution in [0.5, 0.6) is 0 Å². The maximum absolute atomic E-state index is 12.8. The lowest BCUT2D eigenvalue weighted by molar-refractivity contribution is -0.706. The van der Waals surface area contributed by atoms with Crippen molar-refractivity contribution < 1.29 is 9.36 Å². The van der Waals surface area contributed by atoms with Crippen LogP contribution in [0.25, 0.3) is 11.1 Å². The Kier molecular flexibility index (Phi) is 5.24. The Hall–Kier alpha value is -2.94. The lowest BCUT2D eigenvalue weighted by atomic mass is 10.1. The number of pyridine rings is 1. The first-order valence-corrected chi connectivity index (χ1v) is 8.50. The molecule has 25 heavy (non-hydrogen) atoms. The smallest absolute Gasteiger partial charge is 0.291 e. The van der Waals surface area contributed by atoms with Gasteiger partial charge in [0.05, 0.1) is 0 Å². The van der Waals surface area contributed by atoms with Crippen molar-refractivity contribution in [2.75, 3.05) is 7.05 Å². The summed E-state index contributed by atoms with van der Waals surface area (Å²) in [7, 11) is 1.85. The lowest BCUT2D eigenvalue weighted by Gasteiger charge is -2.19. The van der Waals surface area contributed by atoms with E-state index in [2.05, 4.69) is 18.2 Å². The molecule has 1 heterocycles. The molecule has 2 aromatic carbocycles. The Morgan fingerprint density at radius 3 is 2.20 bits per heavy atom. The molecule has 1 atom stereocenters. The van der Waals surface area contributed by atoms with Crippen molar-refractivity contribution in [2.24, 2.45) is 0 Å². The van der Waals surface area contributed by atoms with Crippen molar-refractivity contribution in [2.45, 2.75) is 19.5 Å². The molecule has 0 aliphatic heterocycles. The van der Waals surface area contributed by atoms with Gasteiger partial charge >= 0.3 is 0 Å². The topological polar surface area (TPSA) is 24.2 Å². The van der Waals surface area contributed by atoms with Gasteiger partial charge in [-0.3, -0.25) is 4.79 Å². The molecular weight excluding hydrogens is 308 g/mol. The van der Waals surface area contributed by atoms with Crippen molar-refractivity contribution in [3.05, 3.63) is 90.8 Å². The SMILES string of the molecule is C[C@H](C(=O)N(C)Cc1ccccc1)[n+]1cccc(-c2ccccc2)c1. The molecule has 0 aliphatic rings. The van der Waals surface area contributed by atoms with E-state index in [4.69, 9.17) is 0 Å². The molecule has 126 valence electrons. The van der Waals surface area contributed by atoms with Crippen molar-refractivity contribution in [3.8, 4) is 11.1 Å². The van der Waals surface area contributed by atoms with Gasteiger partial charge in [-0.05, 0) is 17.2 Å². The number of likely N-dealkylation sites (N-methyl/N-ethyl adjacent to an activating group) is 1. The first-order valence-electron chi connectivity index (χ1n) is 8.50. The van der Waals surface area contributed by atoms with E-state index in [9.17, 15) is 4.79 Å². The third-order valence-electron chi connectivity index (χ3n) is 4.37. The molecule has 0 saturated heterocycles. The number of aromatic nitrogens is 1. The summed E-state index contributed by atoms with van der Waals surface area (Å²) in [5, 5.41) is 0. The minimum Gasteiger partial charge on any atom is -0.336 e. The van der Waals surface area contributed by atoms with E-state index in [-0.39, 0.29) is 11.9 Å². The van der Waals surface area contributed by atoms with Crippen LogP contribution in [0, 0.1) is 0 Å². The summed E-state index contributed by atoms with van der Waals surface area (Å²) in [4.78, 5) is 14.6.